The highest BCUT2D eigenvalue weighted by Gasteiger charge is 2.27. The molecule has 0 unspecified atom stereocenters. The monoisotopic (exact) mass is 377 g/mol. The third kappa shape index (κ3) is 4.66. The molecule has 0 bridgehead atoms. The van der Waals surface area contributed by atoms with E-state index in [1.165, 1.54) is 23.0 Å². The summed E-state index contributed by atoms with van der Waals surface area (Å²) in [6, 6.07) is 2.44. The fraction of sp³-hybridized carbons (Fsp3) is 0.786. The molecule has 0 saturated carbocycles. The largest absolute Gasteiger partial charge is 0.386 e. The van der Waals surface area contributed by atoms with Gasteiger partial charge < -0.3 is 5.11 Å². The molecule has 1 fully saturated rings. The Kier molecular flexibility index (Phi) is 5.62. The lowest BCUT2D eigenvalue weighted by Gasteiger charge is -2.33. The second-order valence-corrected chi connectivity index (χ2v) is 10.7. The molecule has 23 heavy (non-hydrogen) atoms. The Balaban J connectivity index is 1.69. The second-order valence-electron chi connectivity index (χ2n) is 6.17. The Morgan fingerprint density at radius 3 is 2.70 bits per heavy atom. The number of sulfone groups is 1. The number of aromatic nitrogens is 2. The van der Waals surface area contributed by atoms with Crippen LogP contribution in [0.4, 0.5) is 0 Å². The van der Waals surface area contributed by atoms with Crippen LogP contribution in [0.5, 0.6) is 0 Å². The number of aliphatic hydroxyl groups is 1. The van der Waals surface area contributed by atoms with Gasteiger partial charge in [0.1, 0.15) is 15.9 Å². The first kappa shape index (κ1) is 17.6. The Hall–Kier alpha value is -0.220. The summed E-state index contributed by atoms with van der Waals surface area (Å²) in [4.78, 5) is 2.50. The van der Waals surface area contributed by atoms with Crippen LogP contribution in [-0.2, 0) is 22.9 Å². The number of aliphatic hydroxyl groups excluding tert-OH is 1. The Labute approximate surface area is 145 Å². The van der Waals surface area contributed by atoms with Gasteiger partial charge in [-0.3, -0.25) is 9.58 Å². The van der Waals surface area contributed by atoms with Gasteiger partial charge in [-0.25, -0.2) is 8.42 Å². The zero-order valence-corrected chi connectivity index (χ0v) is 15.7. The van der Waals surface area contributed by atoms with Gasteiger partial charge in [-0.05, 0) is 6.07 Å². The van der Waals surface area contributed by atoms with E-state index in [0.717, 1.165) is 31.6 Å². The van der Waals surface area contributed by atoms with E-state index in [1.807, 2.05) is 34.3 Å². The highest BCUT2D eigenvalue weighted by atomic mass is 32.2. The minimum Gasteiger partial charge on any atom is -0.386 e. The van der Waals surface area contributed by atoms with E-state index in [9.17, 15) is 13.5 Å². The summed E-state index contributed by atoms with van der Waals surface area (Å²) in [6.45, 7) is 2.58. The minimum atomic E-state index is -3.22. The summed E-state index contributed by atoms with van der Waals surface area (Å²) in [6.07, 6.45) is 0.0931. The van der Waals surface area contributed by atoms with Crippen LogP contribution in [0, 0.1) is 0 Å². The molecule has 9 heteroatoms. The van der Waals surface area contributed by atoms with Crippen LogP contribution in [0.1, 0.15) is 17.5 Å². The molecule has 3 heterocycles. The topological polar surface area (TPSA) is 75.4 Å². The molecule has 1 N–H and O–H groups in total. The van der Waals surface area contributed by atoms with Crippen molar-refractivity contribution < 1.29 is 13.5 Å². The molecule has 0 amide bonds. The van der Waals surface area contributed by atoms with Crippen molar-refractivity contribution in [1.82, 2.24) is 14.7 Å². The highest BCUT2D eigenvalue weighted by Crippen LogP contribution is 2.25. The van der Waals surface area contributed by atoms with Gasteiger partial charge in [0.25, 0.3) is 0 Å². The fourth-order valence-corrected chi connectivity index (χ4v) is 6.34. The van der Waals surface area contributed by atoms with E-state index in [1.54, 1.807) is 0 Å². The van der Waals surface area contributed by atoms with E-state index < -0.39 is 15.9 Å². The Bertz CT molecular complexity index is 639. The van der Waals surface area contributed by atoms with E-state index in [-0.39, 0.29) is 5.75 Å². The zero-order chi connectivity index (χ0) is 16.4. The maximum atomic E-state index is 11.3. The zero-order valence-electron chi connectivity index (χ0n) is 13.2. The van der Waals surface area contributed by atoms with Gasteiger partial charge in [0.05, 0.1) is 23.7 Å². The van der Waals surface area contributed by atoms with Gasteiger partial charge in [-0.2, -0.15) is 28.6 Å². The first-order valence-corrected chi connectivity index (χ1v) is 12.1. The number of hydrogen-bond donors (Lipinski definition) is 1. The van der Waals surface area contributed by atoms with Crippen LogP contribution in [-0.4, -0.2) is 75.8 Å². The summed E-state index contributed by atoms with van der Waals surface area (Å²) < 4.78 is 24.6. The molecule has 130 valence electrons. The van der Waals surface area contributed by atoms with E-state index in [0.29, 0.717) is 11.7 Å². The van der Waals surface area contributed by atoms with Crippen molar-refractivity contribution in [2.45, 2.75) is 25.2 Å². The van der Waals surface area contributed by atoms with Crippen molar-refractivity contribution in [3.63, 3.8) is 0 Å². The highest BCUT2D eigenvalue weighted by molar-refractivity contribution is 8.03. The molecular formula is C14H23N3O3S3. The molecule has 6 nitrogen and oxygen atoms in total. The van der Waals surface area contributed by atoms with E-state index in [4.69, 9.17) is 0 Å². The van der Waals surface area contributed by atoms with Gasteiger partial charge in [-0.1, -0.05) is 0 Å². The fourth-order valence-electron chi connectivity index (χ4n) is 2.97. The third-order valence-electron chi connectivity index (χ3n) is 4.16. The summed E-state index contributed by atoms with van der Waals surface area (Å²) >= 11 is 4.05. The maximum Gasteiger partial charge on any atom is 0.150 e. The predicted octanol–water partition coefficient (Wildman–Crippen LogP) is 0.625. The number of nitrogens with zero attached hydrogens (tertiary/aromatic N) is 3. The predicted molar refractivity (Wildman–Crippen MR) is 95.7 cm³/mol. The van der Waals surface area contributed by atoms with Crippen LogP contribution in [0.15, 0.2) is 6.07 Å². The third-order valence-corrected chi connectivity index (χ3v) is 7.56. The van der Waals surface area contributed by atoms with Crippen molar-refractivity contribution in [2.75, 3.05) is 41.6 Å². The Morgan fingerprint density at radius 1 is 1.35 bits per heavy atom. The summed E-state index contributed by atoms with van der Waals surface area (Å²) in [5.74, 6) is 4.53. The number of thioether (sulfide) groups is 2. The average molecular weight is 378 g/mol. The average Bonchev–Trinajstić information content (AvgIpc) is 2.71. The molecule has 1 atom stereocenters. The lowest BCUT2D eigenvalue weighted by molar-refractivity contribution is 0.174. The van der Waals surface area contributed by atoms with Gasteiger partial charge in [0, 0.05) is 48.4 Å². The van der Waals surface area contributed by atoms with Crippen LogP contribution in [0.3, 0.4) is 0 Å². The Morgan fingerprint density at radius 2 is 2.04 bits per heavy atom. The molecule has 2 aliphatic heterocycles. The van der Waals surface area contributed by atoms with Gasteiger partial charge in [0.15, 0.2) is 0 Å². The normalized spacial score (nSPS) is 22.5. The summed E-state index contributed by atoms with van der Waals surface area (Å²) in [5.41, 5.74) is 1.54. The molecule has 0 radical (unpaired) electrons. The van der Waals surface area contributed by atoms with Gasteiger partial charge >= 0.3 is 0 Å². The molecule has 3 rings (SSSR count). The quantitative estimate of drug-likeness (QED) is 0.824. The molecule has 1 aromatic rings. The van der Waals surface area contributed by atoms with Crippen molar-refractivity contribution in [3.8, 4) is 0 Å². The van der Waals surface area contributed by atoms with Gasteiger partial charge in [0.2, 0.25) is 0 Å². The van der Waals surface area contributed by atoms with Gasteiger partial charge in [-0.15, -0.1) is 0 Å². The molecule has 0 aliphatic carbocycles. The first-order chi connectivity index (χ1) is 10.9. The molecule has 0 spiro atoms. The van der Waals surface area contributed by atoms with Crippen molar-refractivity contribution in [2.24, 2.45) is 0 Å². The maximum absolute atomic E-state index is 11.3. The molecule has 2 aliphatic rings. The number of hydrogen-bond acceptors (Lipinski definition) is 7. The van der Waals surface area contributed by atoms with Crippen molar-refractivity contribution in [3.05, 3.63) is 17.5 Å². The minimum absolute atomic E-state index is 0.275. The summed E-state index contributed by atoms with van der Waals surface area (Å²) in [5, 5.41) is 14.5. The SMILES string of the molecule is CS(=O)(=O)C[C@H](O)c1cc2n(n1)CCN(C1CSCCSC1)C2. The lowest BCUT2D eigenvalue weighted by Crippen LogP contribution is -2.43. The van der Waals surface area contributed by atoms with Crippen LogP contribution >= 0.6 is 23.5 Å². The van der Waals surface area contributed by atoms with Crippen LogP contribution in [0.25, 0.3) is 0 Å². The summed E-state index contributed by atoms with van der Waals surface area (Å²) in [7, 11) is -3.22. The van der Waals surface area contributed by atoms with Crippen LogP contribution < -0.4 is 0 Å². The molecule has 0 aromatic carbocycles. The molecule has 1 saturated heterocycles. The number of rotatable bonds is 4. The van der Waals surface area contributed by atoms with E-state index >= 15 is 0 Å². The smallest absolute Gasteiger partial charge is 0.150 e. The lowest BCUT2D eigenvalue weighted by atomic mass is 10.2. The molecule has 1 aromatic heterocycles. The molecular weight excluding hydrogens is 354 g/mol. The van der Waals surface area contributed by atoms with Crippen molar-refractivity contribution >= 4 is 33.4 Å². The van der Waals surface area contributed by atoms with E-state index in [2.05, 4.69) is 10.00 Å². The first-order valence-electron chi connectivity index (χ1n) is 7.74. The standard InChI is InChI=1S/C14H23N3O3S3/c1-23(19,20)10-14(18)13-6-11-7-16(2-3-17(11)15-13)12-8-21-4-5-22-9-12/h6,12,14,18H,2-5,7-10H2,1H3/t14-/m0/s1. The van der Waals surface area contributed by atoms with Crippen molar-refractivity contribution in [1.29, 1.82) is 0 Å². The second kappa shape index (κ2) is 7.35. The van der Waals surface area contributed by atoms with Crippen LogP contribution in [0.2, 0.25) is 0 Å². The number of fused-ring (bicyclic) bond motifs is 1.